The highest BCUT2D eigenvalue weighted by molar-refractivity contribution is 9.11. The standard InChI is InChI=1S/C8H10Br2N2O/c1-4(11)8(13)7-5(9)2-12-3-6(7)10/h2-4,8,13H,11H2,1H3. The Morgan fingerprint density at radius 2 is 1.85 bits per heavy atom. The average Bonchev–Trinajstić information content (AvgIpc) is 2.03. The molecular weight excluding hydrogens is 300 g/mol. The number of hydrogen-bond acceptors (Lipinski definition) is 3. The molecule has 0 radical (unpaired) electrons. The molecule has 0 aliphatic heterocycles. The Kier molecular flexibility index (Phi) is 3.85. The number of aromatic nitrogens is 1. The Balaban J connectivity index is 3.12. The summed E-state index contributed by atoms with van der Waals surface area (Å²) in [6.45, 7) is 1.75. The van der Waals surface area contributed by atoms with Crippen molar-refractivity contribution in [3.05, 3.63) is 26.9 Å². The van der Waals surface area contributed by atoms with Crippen molar-refractivity contribution in [3.8, 4) is 0 Å². The fourth-order valence-corrected chi connectivity index (χ4v) is 2.37. The topological polar surface area (TPSA) is 59.1 Å². The second kappa shape index (κ2) is 4.50. The van der Waals surface area contributed by atoms with Crippen LogP contribution < -0.4 is 5.73 Å². The Morgan fingerprint density at radius 1 is 1.38 bits per heavy atom. The van der Waals surface area contributed by atoms with Crippen LogP contribution in [0, 0.1) is 0 Å². The van der Waals surface area contributed by atoms with Gasteiger partial charge in [-0.2, -0.15) is 0 Å². The Labute approximate surface area is 93.6 Å². The van der Waals surface area contributed by atoms with Crippen LogP contribution in [0.3, 0.4) is 0 Å². The number of aliphatic hydroxyl groups is 1. The summed E-state index contributed by atoms with van der Waals surface area (Å²) in [7, 11) is 0. The molecule has 0 bridgehead atoms. The zero-order chi connectivity index (χ0) is 10.0. The molecule has 0 fully saturated rings. The molecule has 5 heteroatoms. The highest BCUT2D eigenvalue weighted by Gasteiger charge is 2.18. The summed E-state index contributed by atoms with van der Waals surface area (Å²) in [6.07, 6.45) is 2.57. The molecule has 0 amide bonds. The number of nitrogens with two attached hydrogens (primary N) is 1. The van der Waals surface area contributed by atoms with E-state index in [0.29, 0.717) is 0 Å². The summed E-state index contributed by atoms with van der Waals surface area (Å²) in [5, 5.41) is 9.75. The van der Waals surface area contributed by atoms with Gasteiger partial charge in [-0.15, -0.1) is 0 Å². The third-order valence-corrected chi connectivity index (χ3v) is 2.95. The minimum atomic E-state index is -0.688. The average molecular weight is 310 g/mol. The van der Waals surface area contributed by atoms with E-state index >= 15 is 0 Å². The minimum Gasteiger partial charge on any atom is -0.387 e. The molecule has 0 aliphatic rings. The SMILES string of the molecule is CC(N)C(O)c1c(Br)cncc1Br. The fourth-order valence-electron chi connectivity index (χ4n) is 0.967. The van der Waals surface area contributed by atoms with E-state index in [4.69, 9.17) is 5.73 Å². The molecule has 1 rings (SSSR count). The van der Waals surface area contributed by atoms with Gasteiger partial charge in [0.15, 0.2) is 0 Å². The van der Waals surface area contributed by atoms with E-state index in [1.807, 2.05) is 0 Å². The lowest BCUT2D eigenvalue weighted by molar-refractivity contribution is 0.152. The van der Waals surface area contributed by atoms with Gasteiger partial charge in [0.1, 0.15) is 0 Å². The smallest absolute Gasteiger partial charge is 0.0961 e. The molecule has 0 saturated heterocycles. The molecule has 1 aromatic heterocycles. The monoisotopic (exact) mass is 308 g/mol. The van der Waals surface area contributed by atoms with Crippen molar-refractivity contribution in [1.82, 2.24) is 4.98 Å². The van der Waals surface area contributed by atoms with Crippen LogP contribution in [0.5, 0.6) is 0 Å². The molecule has 0 spiro atoms. The highest BCUT2D eigenvalue weighted by Crippen LogP contribution is 2.30. The zero-order valence-electron chi connectivity index (χ0n) is 7.04. The molecule has 3 N–H and O–H groups in total. The molecule has 72 valence electrons. The van der Waals surface area contributed by atoms with E-state index in [1.54, 1.807) is 19.3 Å². The number of aliphatic hydroxyl groups excluding tert-OH is 1. The molecule has 0 aromatic carbocycles. The zero-order valence-corrected chi connectivity index (χ0v) is 10.2. The van der Waals surface area contributed by atoms with Crippen molar-refractivity contribution >= 4 is 31.9 Å². The molecule has 2 atom stereocenters. The predicted molar refractivity (Wildman–Crippen MR) is 58.2 cm³/mol. The second-order valence-electron chi connectivity index (χ2n) is 2.82. The van der Waals surface area contributed by atoms with Gasteiger partial charge in [0.25, 0.3) is 0 Å². The number of pyridine rings is 1. The molecule has 0 aliphatic carbocycles. The third kappa shape index (κ3) is 2.49. The first kappa shape index (κ1) is 11.1. The minimum absolute atomic E-state index is 0.310. The lowest BCUT2D eigenvalue weighted by Gasteiger charge is -2.17. The van der Waals surface area contributed by atoms with E-state index < -0.39 is 6.10 Å². The van der Waals surface area contributed by atoms with Crippen LogP contribution in [-0.2, 0) is 0 Å². The van der Waals surface area contributed by atoms with E-state index in [-0.39, 0.29) is 6.04 Å². The third-order valence-electron chi connectivity index (χ3n) is 1.68. The van der Waals surface area contributed by atoms with Crippen molar-refractivity contribution < 1.29 is 5.11 Å². The van der Waals surface area contributed by atoms with E-state index in [1.165, 1.54) is 0 Å². The van der Waals surface area contributed by atoms with Gasteiger partial charge in [-0.3, -0.25) is 4.98 Å². The fraction of sp³-hybridized carbons (Fsp3) is 0.375. The summed E-state index contributed by atoms with van der Waals surface area (Å²) in [6, 6.07) is -0.310. The maximum Gasteiger partial charge on any atom is 0.0961 e. The summed E-state index contributed by atoms with van der Waals surface area (Å²) in [5.41, 5.74) is 6.33. The van der Waals surface area contributed by atoms with Gasteiger partial charge in [-0.05, 0) is 38.8 Å². The van der Waals surface area contributed by atoms with Gasteiger partial charge in [0.2, 0.25) is 0 Å². The Morgan fingerprint density at radius 3 is 2.23 bits per heavy atom. The lowest BCUT2D eigenvalue weighted by Crippen LogP contribution is -2.25. The van der Waals surface area contributed by atoms with Crippen LogP contribution in [0.1, 0.15) is 18.6 Å². The maximum atomic E-state index is 9.75. The van der Waals surface area contributed by atoms with Gasteiger partial charge in [0, 0.05) is 32.9 Å². The van der Waals surface area contributed by atoms with Crippen LogP contribution in [0.25, 0.3) is 0 Å². The first-order valence-corrected chi connectivity index (χ1v) is 5.35. The van der Waals surface area contributed by atoms with Gasteiger partial charge in [-0.25, -0.2) is 0 Å². The van der Waals surface area contributed by atoms with Crippen molar-refractivity contribution in [2.75, 3.05) is 0 Å². The summed E-state index contributed by atoms with van der Waals surface area (Å²) >= 11 is 6.62. The quantitative estimate of drug-likeness (QED) is 0.878. The largest absolute Gasteiger partial charge is 0.387 e. The second-order valence-corrected chi connectivity index (χ2v) is 4.53. The van der Waals surface area contributed by atoms with E-state index in [2.05, 4.69) is 36.8 Å². The predicted octanol–water partition coefficient (Wildman–Crippen LogP) is 1.99. The van der Waals surface area contributed by atoms with E-state index in [0.717, 1.165) is 14.5 Å². The summed E-state index contributed by atoms with van der Waals surface area (Å²) < 4.78 is 1.51. The van der Waals surface area contributed by atoms with Crippen molar-refractivity contribution in [1.29, 1.82) is 0 Å². The van der Waals surface area contributed by atoms with Crippen molar-refractivity contribution in [2.45, 2.75) is 19.1 Å². The Bertz CT molecular complexity index is 284. The maximum absolute atomic E-state index is 9.75. The van der Waals surface area contributed by atoms with E-state index in [9.17, 15) is 5.11 Å². The number of halogens is 2. The number of hydrogen-bond donors (Lipinski definition) is 2. The first-order chi connectivity index (χ1) is 6.04. The van der Waals surface area contributed by atoms with Gasteiger partial charge >= 0.3 is 0 Å². The van der Waals surface area contributed by atoms with Gasteiger partial charge < -0.3 is 10.8 Å². The molecule has 13 heavy (non-hydrogen) atoms. The summed E-state index contributed by atoms with van der Waals surface area (Å²) in [4.78, 5) is 3.94. The molecule has 0 saturated carbocycles. The molecule has 1 heterocycles. The van der Waals surface area contributed by atoms with Gasteiger partial charge in [-0.1, -0.05) is 0 Å². The lowest BCUT2D eigenvalue weighted by atomic mass is 10.1. The first-order valence-electron chi connectivity index (χ1n) is 3.76. The normalized spacial score (nSPS) is 15.5. The number of nitrogens with zero attached hydrogens (tertiary/aromatic N) is 1. The van der Waals surface area contributed by atoms with Crippen LogP contribution >= 0.6 is 31.9 Å². The summed E-state index contributed by atoms with van der Waals surface area (Å²) in [5.74, 6) is 0. The van der Waals surface area contributed by atoms with Crippen LogP contribution in [-0.4, -0.2) is 16.1 Å². The van der Waals surface area contributed by atoms with Crippen molar-refractivity contribution in [3.63, 3.8) is 0 Å². The molecule has 3 nitrogen and oxygen atoms in total. The Hall–Kier alpha value is 0.0300. The molecular formula is C8H10Br2N2O. The number of rotatable bonds is 2. The van der Waals surface area contributed by atoms with Gasteiger partial charge in [0.05, 0.1) is 6.10 Å². The van der Waals surface area contributed by atoms with Crippen LogP contribution in [0.15, 0.2) is 21.3 Å². The molecule has 2 unspecified atom stereocenters. The highest BCUT2D eigenvalue weighted by atomic mass is 79.9. The van der Waals surface area contributed by atoms with Crippen LogP contribution in [0.2, 0.25) is 0 Å². The van der Waals surface area contributed by atoms with Crippen LogP contribution in [0.4, 0.5) is 0 Å². The molecule has 1 aromatic rings. The van der Waals surface area contributed by atoms with Crippen molar-refractivity contribution in [2.24, 2.45) is 5.73 Å².